The summed E-state index contributed by atoms with van der Waals surface area (Å²) in [4.78, 5) is 25.0. The molecule has 1 amide bonds. The summed E-state index contributed by atoms with van der Waals surface area (Å²) in [6.45, 7) is 1.96. The number of amides is 1. The van der Waals surface area contributed by atoms with Gasteiger partial charge in [-0.05, 0) is 31.9 Å². The van der Waals surface area contributed by atoms with Crippen LogP contribution in [0, 0.1) is 5.82 Å². The highest BCUT2D eigenvalue weighted by atomic mass is 19.1. The third-order valence-corrected chi connectivity index (χ3v) is 3.37. The molecule has 1 aromatic carbocycles. The first-order valence-electron chi connectivity index (χ1n) is 6.28. The van der Waals surface area contributed by atoms with Gasteiger partial charge in [-0.2, -0.15) is 0 Å². The zero-order valence-corrected chi connectivity index (χ0v) is 10.7. The van der Waals surface area contributed by atoms with Crippen LogP contribution in [-0.4, -0.2) is 34.3 Å². The maximum Gasteiger partial charge on any atom is 0.260 e. The highest BCUT2D eigenvalue weighted by Gasteiger charge is 2.32. The Morgan fingerprint density at radius 3 is 2.84 bits per heavy atom. The zero-order chi connectivity index (χ0) is 14.0. The lowest BCUT2D eigenvalue weighted by atomic mass is 10.1. The van der Waals surface area contributed by atoms with Crippen molar-refractivity contribution < 1.29 is 19.1 Å². The first kappa shape index (κ1) is 13.5. The van der Waals surface area contributed by atoms with Crippen LogP contribution in [0.5, 0.6) is 5.75 Å². The van der Waals surface area contributed by atoms with Crippen LogP contribution in [0.15, 0.2) is 18.2 Å². The van der Waals surface area contributed by atoms with Crippen LogP contribution < -0.4 is 0 Å². The molecular weight excluding hydrogens is 249 g/mol. The van der Waals surface area contributed by atoms with Gasteiger partial charge in [0.15, 0.2) is 0 Å². The van der Waals surface area contributed by atoms with Crippen LogP contribution in [0.4, 0.5) is 4.39 Å². The molecule has 102 valence electrons. The molecule has 1 aromatic rings. The van der Waals surface area contributed by atoms with Crippen molar-refractivity contribution in [3.8, 4) is 5.75 Å². The summed E-state index contributed by atoms with van der Waals surface area (Å²) < 4.78 is 13.7. The Morgan fingerprint density at radius 2 is 2.21 bits per heavy atom. The lowest BCUT2D eigenvalue weighted by Crippen LogP contribution is -2.37. The van der Waals surface area contributed by atoms with Gasteiger partial charge in [-0.25, -0.2) is 4.39 Å². The predicted octanol–water partition coefficient (Wildman–Crippen LogP) is 2.12. The van der Waals surface area contributed by atoms with Gasteiger partial charge in [-0.3, -0.25) is 9.59 Å². The Morgan fingerprint density at radius 1 is 1.47 bits per heavy atom. The Hall–Kier alpha value is -1.91. The lowest BCUT2D eigenvalue weighted by Gasteiger charge is -2.24. The molecule has 5 heteroatoms. The molecular formula is C14H16FNO3. The zero-order valence-electron chi connectivity index (χ0n) is 10.7. The molecule has 4 nitrogen and oxygen atoms in total. The smallest absolute Gasteiger partial charge is 0.260 e. The molecule has 2 rings (SSSR count). The van der Waals surface area contributed by atoms with E-state index in [1.165, 1.54) is 24.0 Å². The van der Waals surface area contributed by atoms with Gasteiger partial charge in [0.05, 0.1) is 0 Å². The van der Waals surface area contributed by atoms with Gasteiger partial charge in [0.2, 0.25) is 0 Å². The second-order valence-electron chi connectivity index (χ2n) is 4.83. The Labute approximate surface area is 110 Å². The van der Waals surface area contributed by atoms with Crippen molar-refractivity contribution in [2.24, 2.45) is 0 Å². The number of Topliss-reactive ketones (excluding diaryl/α,β-unsaturated/α-hetero) is 1. The lowest BCUT2D eigenvalue weighted by molar-refractivity contribution is -0.117. The molecule has 1 saturated heterocycles. The number of hydrogen-bond acceptors (Lipinski definition) is 3. The fraction of sp³-hybridized carbons (Fsp3) is 0.429. The van der Waals surface area contributed by atoms with Crippen molar-refractivity contribution in [2.45, 2.75) is 32.2 Å². The van der Waals surface area contributed by atoms with Crippen molar-refractivity contribution in [3.05, 3.63) is 29.6 Å². The monoisotopic (exact) mass is 265 g/mol. The van der Waals surface area contributed by atoms with E-state index in [0.29, 0.717) is 6.54 Å². The van der Waals surface area contributed by atoms with E-state index in [9.17, 15) is 19.1 Å². The van der Waals surface area contributed by atoms with Crippen LogP contribution in [0.3, 0.4) is 0 Å². The average Bonchev–Trinajstić information content (AvgIpc) is 2.75. The molecule has 1 N–H and O–H groups in total. The SMILES string of the molecule is CC(=O)CC1CCCN1C(=O)c1c(O)cccc1F. The van der Waals surface area contributed by atoms with E-state index in [2.05, 4.69) is 0 Å². The van der Waals surface area contributed by atoms with Gasteiger partial charge in [0.1, 0.15) is 22.9 Å². The van der Waals surface area contributed by atoms with Crippen molar-refractivity contribution >= 4 is 11.7 Å². The minimum Gasteiger partial charge on any atom is -0.507 e. The topological polar surface area (TPSA) is 57.6 Å². The molecule has 0 radical (unpaired) electrons. The number of benzene rings is 1. The fourth-order valence-corrected chi connectivity index (χ4v) is 2.52. The van der Waals surface area contributed by atoms with Gasteiger partial charge in [0, 0.05) is 19.0 Å². The van der Waals surface area contributed by atoms with Gasteiger partial charge in [-0.15, -0.1) is 0 Å². The second kappa shape index (κ2) is 5.38. The fourth-order valence-electron chi connectivity index (χ4n) is 2.52. The maximum atomic E-state index is 13.7. The van der Waals surface area contributed by atoms with Crippen molar-refractivity contribution in [1.29, 1.82) is 0 Å². The summed E-state index contributed by atoms with van der Waals surface area (Å²) in [5.74, 6) is -1.64. The van der Waals surface area contributed by atoms with E-state index in [-0.39, 0.29) is 29.6 Å². The average molecular weight is 265 g/mol. The summed E-state index contributed by atoms with van der Waals surface area (Å²) in [5, 5.41) is 9.64. The number of likely N-dealkylation sites (tertiary alicyclic amines) is 1. The summed E-state index contributed by atoms with van der Waals surface area (Å²) in [6, 6.07) is 3.58. The van der Waals surface area contributed by atoms with Crippen LogP contribution >= 0.6 is 0 Å². The predicted molar refractivity (Wildman–Crippen MR) is 67.4 cm³/mol. The first-order valence-corrected chi connectivity index (χ1v) is 6.28. The van der Waals surface area contributed by atoms with E-state index in [0.717, 1.165) is 18.9 Å². The number of phenolic OH excluding ortho intramolecular Hbond substituents is 1. The molecule has 1 heterocycles. The Kier molecular flexibility index (Phi) is 3.83. The van der Waals surface area contributed by atoms with Crippen LogP contribution in [0.25, 0.3) is 0 Å². The first-order chi connectivity index (χ1) is 9.00. The number of carbonyl (C=O) groups is 2. The molecule has 1 fully saturated rings. The summed E-state index contributed by atoms with van der Waals surface area (Å²) >= 11 is 0. The largest absolute Gasteiger partial charge is 0.507 e. The summed E-state index contributed by atoms with van der Waals surface area (Å²) in [7, 11) is 0. The van der Waals surface area contributed by atoms with Gasteiger partial charge < -0.3 is 10.0 Å². The number of aromatic hydroxyl groups is 1. The molecule has 19 heavy (non-hydrogen) atoms. The van der Waals surface area contributed by atoms with E-state index >= 15 is 0 Å². The number of halogens is 1. The van der Waals surface area contributed by atoms with Crippen LogP contribution in [0.2, 0.25) is 0 Å². The van der Waals surface area contributed by atoms with Crippen LogP contribution in [0.1, 0.15) is 36.5 Å². The normalized spacial score (nSPS) is 18.6. The third kappa shape index (κ3) is 2.75. The standard InChI is InChI=1S/C14H16FNO3/c1-9(17)8-10-4-3-7-16(10)14(19)13-11(15)5-2-6-12(13)18/h2,5-6,10,18H,3-4,7-8H2,1H3. The van der Waals surface area contributed by atoms with E-state index in [1.807, 2.05) is 0 Å². The number of rotatable bonds is 3. The quantitative estimate of drug-likeness (QED) is 0.910. The molecule has 0 spiro atoms. The van der Waals surface area contributed by atoms with E-state index < -0.39 is 11.7 Å². The number of ketones is 1. The molecule has 0 bridgehead atoms. The van der Waals surface area contributed by atoms with Gasteiger partial charge >= 0.3 is 0 Å². The van der Waals surface area contributed by atoms with Crippen LogP contribution in [-0.2, 0) is 4.79 Å². The second-order valence-corrected chi connectivity index (χ2v) is 4.83. The summed E-state index contributed by atoms with van der Waals surface area (Å²) in [5.41, 5.74) is -0.307. The summed E-state index contributed by atoms with van der Waals surface area (Å²) in [6.07, 6.45) is 1.81. The number of carbonyl (C=O) groups excluding carboxylic acids is 2. The molecule has 1 aliphatic rings. The molecule has 0 saturated carbocycles. The molecule has 1 aliphatic heterocycles. The van der Waals surface area contributed by atoms with Crippen molar-refractivity contribution in [2.75, 3.05) is 6.54 Å². The Bertz CT molecular complexity index is 495. The van der Waals surface area contributed by atoms with Gasteiger partial charge in [-0.1, -0.05) is 6.07 Å². The molecule has 0 aliphatic carbocycles. The van der Waals surface area contributed by atoms with E-state index in [1.54, 1.807) is 0 Å². The molecule has 1 unspecified atom stereocenters. The number of phenols is 1. The molecule has 1 atom stereocenters. The van der Waals surface area contributed by atoms with Crippen molar-refractivity contribution in [1.82, 2.24) is 4.90 Å². The number of hydrogen-bond donors (Lipinski definition) is 1. The Balaban J connectivity index is 2.26. The van der Waals surface area contributed by atoms with Crippen molar-refractivity contribution in [3.63, 3.8) is 0 Å². The maximum absolute atomic E-state index is 13.7. The molecule has 0 aromatic heterocycles. The minimum absolute atomic E-state index is 0.00227. The van der Waals surface area contributed by atoms with Gasteiger partial charge in [0.25, 0.3) is 5.91 Å². The van der Waals surface area contributed by atoms with E-state index in [4.69, 9.17) is 0 Å². The number of nitrogens with zero attached hydrogens (tertiary/aromatic N) is 1. The highest BCUT2D eigenvalue weighted by Crippen LogP contribution is 2.27. The highest BCUT2D eigenvalue weighted by molar-refractivity contribution is 5.97. The third-order valence-electron chi connectivity index (χ3n) is 3.37. The minimum atomic E-state index is -0.738.